The number of ether oxygens (including phenoxy) is 3. The predicted octanol–water partition coefficient (Wildman–Crippen LogP) is 5.86. The summed E-state index contributed by atoms with van der Waals surface area (Å²) in [5.74, 6) is 1.37. The average Bonchev–Trinajstić information content (AvgIpc) is 3.72. The Morgan fingerprint density at radius 1 is 1.02 bits per heavy atom. The summed E-state index contributed by atoms with van der Waals surface area (Å²) in [7, 11) is 0. The van der Waals surface area contributed by atoms with Gasteiger partial charge < -0.3 is 23.6 Å². The number of benzene rings is 3. The molecule has 0 N–H and O–H groups in total. The molecule has 206 valence electrons. The van der Waals surface area contributed by atoms with Crippen molar-refractivity contribution in [3.8, 4) is 11.5 Å². The maximum absolute atomic E-state index is 13.6. The second kappa shape index (κ2) is 10.5. The molecule has 1 atom stereocenters. The summed E-state index contributed by atoms with van der Waals surface area (Å²) in [6.45, 7) is 3.63. The highest BCUT2D eigenvalue weighted by Gasteiger charge is 2.31. The molecule has 4 aromatic rings. The zero-order valence-corrected chi connectivity index (χ0v) is 22.1. The van der Waals surface area contributed by atoms with E-state index in [9.17, 15) is 9.18 Å². The van der Waals surface area contributed by atoms with Crippen molar-refractivity contribution in [2.45, 2.75) is 31.1 Å². The molecule has 0 bridgehead atoms. The van der Waals surface area contributed by atoms with Crippen LogP contribution in [0.5, 0.6) is 11.5 Å². The van der Waals surface area contributed by atoms with Gasteiger partial charge in [-0.2, -0.15) is 0 Å². The van der Waals surface area contributed by atoms with E-state index in [-0.39, 0.29) is 30.5 Å². The van der Waals surface area contributed by atoms with Gasteiger partial charge in [0.2, 0.25) is 6.79 Å². The maximum Gasteiger partial charge on any atom is 0.414 e. The smallest absolute Gasteiger partial charge is 0.414 e. The Morgan fingerprint density at radius 2 is 1.82 bits per heavy atom. The number of carbonyl (C=O) groups excluding carboxylic acids is 1. The SMILES string of the molecule is O=C(OCC(CN1CCC(c2noc3cc(F)ccc23)CC1)c1ccccc1)N1CCc2cc3c(cc21)OCO3. The third kappa shape index (κ3) is 4.75. The van der Waals surface area contributed by atoms with Crippen molar-refractivity contribution in [2.75, 3.05) is 44.5 Å². The van der Waals surface area contributed by atoms with Gasteiger partial charge in [-0.15, -0.1) is 0 Å². The van der Waals surface area contributed by atoms with Crippen LogP contribution in [0.15, 0.2) is 65.2 Å². The number of nitrogens with zero attached hydrogens (tertiary/aromatic N) is 3. The summed E-state index contributed by atoms with van der Waals surface area (Å²) in [5.41, 5.74) is 4.45. The molecule has 4 heterocycles. The number of piperidine rings is 1. The van der Waals surface area contributed by atoms with Gasteiger partial charge in [0.1, 0.15) is 12.4 Å². The number of rotatable bonds is 6. The molecule has 1 saturated heterocycles. The molecule has 7 rings (SSSR count). The number of fused-ring (bicyclic) bond motifs is 3. The van der Waals surface area contributed by atoms with Crippen LogP contribution in [0.3, 0.4) is 0 Å². The van der Waals surface area contributed by atoms with Crippen molar-refractivity contribution in [1.29, 1.82) is 0 Å². The summed E-state index contributed by atoms with van der Waals surface area (Å²) >= 11 is 0. The third-order valence-electron chi connectivity index (χ3n) is 8.28. The molecule has 40 heavy (non-hydrogen) atoms. The molecule has 1 aromatic heterocycles. The van der Waals surface area contributed by atoms with E-state index in [0.717, 1.165) is 72.5 Å². The Kier molecular flexibility index (Phi) is 6.51. The zero-order chi connectivity index (χ0) is 27.1. The van der Waals surface area contributed by atoms with Crippen LogP contribution in [0.2, 0.25) is 0 Å². The van der Waals surface area contributed by atoms with E-state index in [2.05, 4.69) is 22.2 Å². The van der Waals surface area contributed by atoms with E-state index >= 15 is 0 Å². The third-order valence-corrected chi connectivity index (χ3v) is 8.28. The van der Waals surface area contributed by atoms with Gasteiger partial charge in [0.25, 0.3) is 0 Å². The van der Waals surface area contributed by atoms with Gasteiger partial charge >= 0.3 is 6.09 Å². The normalized spacial score (nSPS) is 17.8. The lowest BCUT2D eigenvalue weighted by molar-refractivity contribution is 0.128. The first kappa shape index (κ1) is 24.9. The Morgan fingerprint density at radius 3 is 2.65 bits per heavy atom. The minimum Gasteiger partial charge on any atom is -0.454 e. The summed E-state index contributed by atoms with van der Waals surface area (Å²) in [6, 6.07) is 18.7. The number of aromatic nitrogens is 1. The lowest BCUT2D eigenvalue weighted by Gasteiger charge is -2.34. The number of halogens is 1. The Labute approximate surface area is 231 Å². The minimum atomic E-state index is -0.341. The average molecular weight is 544 g/mol. The topological polar surface area (TPSA) is 77.3 Å². The van der Waals surface area contributed by atoms with Crippen LogP contribution in [0.1, 0.15) is 41.5 Å². The zero-order valence-electron chi connectivity index (χ0n) is 22.1. The summed E-state index contributed by atoms with van der Waals surface area (Å²) in [5, 5.41) is 5.17. The van der Waals surface area contributed by atoms with Crippen LogP contribution in [0.4, 0.5) is 14.9 Å². The quantitative estimate of drug-likeness (QED) is 0.302. The van der Waals surface area contributed by atoms with Crippen LogP contribution < -0.4 is 14.4 Å². The van der Waals surface area contributed by atoms with Crippen LogP contribution in [0, 0.1) is 5.82 Å². The molecule has 1 fully saturated rings. The van der Waals surface area contributed by atoms with Crippen molar-refractivity contribution in [3.63, 3.8) is 0 Å². The van der Waals surface area contributed by atoms with Gasteiger partial charge in [-0.05, 0) is 61.7 Å². The molecule has 0 spiro atoms. The van der Waals surface area contributed by atoms with E-state index in [1.165, 1.54) is 12.1 Å². The molecule has 3 aliphatic rings. The monoisotopic (exact) mass is 543 g/mol. The second-order valence-corrected chi connectivity index (χ2v) is 10.7. The van der Waals surface area contributed by atoms with Crippen LogP contribution >= 0.6 is 0 Å². The molecule has 0 aliphatic carbocycles. The van der Waals surface area contributed by atoms with Crippen molar-refractivity contribution in [1.82, 2.24) is 10.1 Å². The van der Waals surface area contributed by atoms with Crippen LogP contribution in [-0.2, 0) is 11.2 Å². The van der Waals surface area contributed by atoms with Crippen molar-refractivity contribution in [2.24, 2.45) is 0 Å². The molecular weight excluding hydrogens is 513 g/mol. The molecule has 0 radical (unpaired) electrons. The fourth-order valence-electron chi connectivity index (χ4n) is 6.12. The summed E-state index contributed by atoms with van der Waals surface area (Å²) in [6.07, 6.45) is 2.28. The molecule has 1 unspecified atom stereocenters. The Bertz CT molecular complexity index is 1530. The standard InChI is InChI=1S/C31H30FN3O5/c32-24-6-7-25-27(15-24)40-33-30(25)21-8-11-34(12-9-21)17-23(20-4-2-1-3-5-20)18-37-31(36)35-13-10-22-14-28-29(16-26(22)35)39-19-38-28/h1-7,14-16,21,23H,8-13,17-19H2. The molecule has 8 nitrogen and oxygen atoms in total. The molecule has 3 aliphatic heterocycles. The number of hydrogen-bond acceptors (Lipinski definition) is 7. The summed E-state index contributed by atoms with van der Waals surface area (Å²) < 4.78 is 35.9. The van der Waals surface area contributed by atoms with Crippen LogP contribution in [0.25, 0.3) is 11.0 Å². The van der Waals surface area contributed by atoms with Crippen molar-refractivity contribution < 1.29 is 27.9 Å². The largest absolute Gasteiger partial charge is 0.454 e. The lowest BCUT2D eigenvalue weighted by Crippen LogP contribution is -2.38. The Hall–Kier alpha value is -4.11. The number of amides is 1. The maximum atomic E-state index is 13.6. The number of anilines is 1. The minimum absolute atomic E-state index is 0.0383. The first-order valence-corrected chi connectivity index (χ1v) is 13.8. The predicted molar refractivity (Wildman–Crippen MR) is 147 cm³/mol. The first-order chi connectivity index (χ1) is 19.6. The molecule has 3 aromatic carbocycles. The van der Waals surface area contributed by atoms with Crippen LogP contribution in [-0.4, -0.2) is 55.7 Å². The Balaban J connectivity index is 1.00. The fraction of sp³-hybridized carbons (Fsp3) is 0.355. The van der Waals surface area contributed by atoms with Gasteiger partial charge in [-0.1, -0.05) is 35.5 Å². The molecular formula is C31H30FN3O5. The van der Waals surface area contributed by atoms with E-state index in [4.69, 9.17) is 18.7 Å². The van der Waals surface area contributed by atoms with E-state index in [0.29, 0.717) is 24.5 Å². The fourth-order valence-corrected chi connectivity index (χ4v) is 6.12. The molecule has 0 saturated carbocycles. The highest BCUT2D eigenvalue weighted by Crippen LogP contribution is 2.41. The van der Waals surface area contributed by atoms with Gasteiger partial charge in [-0.3, -0.25) is 4.90 Å². The highest BCUT2D eigenvalue weighted by atomic mass is 19.1. The number of carbonyl (C=O) groups is 1. The number of likely N-dealkylation sites (tertiary alicyclic amines) is 1. The van der Waals surface area contributed by atoms with E-state index < -0.39 is 0 Å². The highest BCUT2D eigenvalue weighted by molar-refractivity contribution is 5.91. The molecule has 1 amide bonds. The molecule has 9 heteroatoms. The van der Waals surface area contributed by atoms with Gasteiger partial charge in [-0.25, -0.2) is 9.18 Å². The van der Waals surface area contributed by atoms with Gasteiger partial charge in [0.05, 0.1) is 11.4 Å². The number of hydrogen-bond donors (Lipinski definition) is 0. The first-order valence-electron chi connectivity index (χ1n) is 13.8. The summed E-state index contributed by atoms with van der Waals surface area (Å²) in [4.78, 5) is 17.3. The lowest BCUT2D eigenvalue weighted by atomic mass is 9.90. The second-order valence-electron chi connectivity index (χ2n) is 10.7. The van der Waals surface area contributed by atoms with Crippen molar-refractivity contribution >= 4 is 22.7 Å². The van der Waals surface area contributed by atoms with E-state index in [1.54, 1.807) is 11.0 Å². The van der Waals surface area contributed by atoms with Gasteiger partial charge in [0, 0.05) is 42.4 Å². The van der Waals surface area contributed by atoms with Crippen molar-refractivity contribution in [3.05, 3.63) is 83.3 Å². The van der Waals surface area contributed by atoms with E-state index in [1.807, 2.05) is 30.3 Å². The van der Waals surface area contributed by atoms with Gasteiger partial charge in [0.15, 0.2) is 17.1 Å².